The Morgan fingerprint density at radius 3 is 2.73 bits per heavy atom. The molecule has 3 rings (SSSR count). The third-order valence-electron chi connectivity index (χ3n) is 4.68. The summed E-state index contributed by atoms with van der Waals surface area (Å²) in [5.74, 6) is -0.289. The topological polar surface area (TPSA) is 95.6 Å². The van der Waals surface area contributed by atoms with Gasteiger partial charge in [0.1, 0.15) is 4.90 Å². The van der Waals surface area contributed by atoms with E-state index in [9.17, 15) is 18.0 Å². The smallest absolute Gasteiger partial charge is 0.269 e. The Morgan fingerprint density at radius 1 is 1.38 bits per heavy atom. The summed E-state index contributed by atoms with van der Waals surface area (Å²) < 4.78 is 26.0. The van der Waals surface area contributed by atoms with Crippen molar-refractivity contribution < 1.29 is 18.0 Å². The molecule has 0 aromatic heterocycles. The minimum atomic E-state index is -3.89. The van der Waals surface area contributed by atoms with Gasteiger partial charge in [-0.25, -0.2) is 12.7 Å². The fourth-order valence-corrected chi connectivity index (χ4v) is 5.15. The van der Waals surface area contributed by atoms with E-state index in [1.54, 1.807) is 13.8 Å². The molecule has 1 atom stereocenters. The zero-order valence-electron chi connectivity index (χ0n) is 14.8. The normalized spacial score (nSPS) is 20.8. The molecule has 1 aromatic rings. The van der Waals surface area contributed by atoms with E-state index >= 15 is 0 Å². The average Bonchev–Trinajstić information content (AvgIpc) is 3.12. The van der Waals surface area contributed by atoms with Gasteiger partial charge in [-0.2, -0.15) is 0 Å². The molecule has 0 saturated carbocycles. The second-order valence-electron chi connectivity index (χ2n) is 6.81. The molecule has 0 spiro atoms. The van der Waals surface area contributed by atoms with Gasteiger partial charge < -0.3 is 10.6 Å². The van der Waals surface area contributed by atoms with E-state index < -0.39 is 22.0 Å². The van der Waals surface area contributed by atoms with E-state index in [1.165, 1.54) is 18.2 Å². The third-order valence-corrected chi connectivity index (χ3v) is 6.68. The van der Waals surface area contributed by atoms with Crippen LogP contribution in [0.3, 0.4) is 0 Å². The predicted molar refractivity (Wildman–Crippen MR) is 100 cm³/mol. The molecule has 1 saturated heterocycles. The Hall–Kier alpha value is -1.64. The minimum absolute atomic E-state index is 0. The van der Waals surface area contributed by atoms with Crippen LogP contribution in [-0.2, 0) is 10.0 Å². The molecule has 0 radical (unpaired) electrons. The lowest BCUT2D eigenvalue weighted by Crippen LogP contribution is -2.36. The zero-order valence-corrected chi connectivity index (χ0v) is 16.5. The van der Waals surface area contributed by atoms with E-state index in [4.69, 9.17) is 0 Å². The van der Waals surface area contributed by atoms with Crippen LogP contribution >= 0.6 is 12.4 Å². The molecule has 1 unspecified atom stereocenters. The van der Waals surface area contributed by atoms with Crippen LogP contribution < -0.4 is 10.6 Å². The number of amides is 2. The largest absolute Gasteiger partial charge is 0.352 e. The number of nitrogens with zero attached hydrogens (tertiary/aromatic N) is 1. The van der Waals surface area contributed by atoms with Gasteiger partial charge in [-0.3, -0.25) is 9.59 Å². The fraction of sp³-hybridized carbons (Fsp3) is 0.529. The van der Waals surface area contributed by atoms with Gasteiger partial charge >= 0.3 is 0 Å². The quantitative estimate of drug-likeness (QED) is 0.777. The number of fused-ring (bicyclic) bond motifs is 1. The molecule has 0 aliphatic carbocycles. The summed E-state index contributed by atoms with van der Waals surface area (Å²) in [6.07, 6.45) is 2.00. The highest BCUT2D eigenvalue weighted by atomic mass is 35.5. The predicted octanol–water partition coefficient (Wildman–Crippen LogP) is 1.39. The number of sulfonamides is 1. The second-order valence-corrected chi connectivity index (χ2v) is 8.60. The van der Waals surface area contributed by atoms with Crippen LogP contribution in [0.4, 0.5) is 0 Å². The van der Waals surface area contributed by atoms with Crippen molar-refractivity contribution in [1.82, 2.24) is 14.9 Å². The summed E-state index contributed by atoms with van der Waals surface area (Å²) in [6, 6.07) is 3.76. The van der Waals surface area contributed by atoms with E-state index in [0.717, 1.165) is 30.2 Å². The Morgan fingerprint density at radius 2 is 2.12 bits per heavy atom. The summed E-state index contributed by atoms with van der Waals surface area (Å²) in [6.45, 7) is 5.83. The number of hydrogen-bond acceptors (Lipinski definition) is 5. The van der Waals surface area contributed by atoms with E-state index in [2.05, 4.69) is 10.6 Å². The molecule has 7 nitrogen and oxygen atoms in total. The number of nitrogens with one attached hydrogen (secondary N) is 2. The lowest BCUT2D eigenvalue weighted by Gasteiger charge is -2.18. The van der Waals surface area contributed by atoms with Gasteiger partial charge in [0.15, 0.2) is 0 Å². The van der Waals surface area contributed by atoms with Gasteiger partial charge in [-0.15, -0.1) is 12.4 Å². The molecule has 144 valence electrons. The highest BCUT2D eigenvalue weighted by Gasteiger charge is 2.42. The number of halogens is 1. The number of carbonyl (C=O) groups excluding carboxylic acids is 2. The number of rotatable bonds is 5. The van der Waals surface area contributed by atoms with Crippen LogP contribution in [0.2, 0.25) is 0 Å². The molecule has 1 fully saturated rings. The first-order chi connectivity index (χ1) is 11.8. The SMILES string of the molecule is CC(C)N1C(=O)c2ccc(C(=O)NCCC3CCNC3)cc2S1(=O)=O.Cl. The first-order valence-electron chi connectivity index (χ1n) is 8.54. The number of benzene rings is 1. The van der Waals surface area contributed by atoms with Gasteiger partial charge in [0, 0.05) is 18.2 Å². The molecule has 2 heterocycles. The van der Waals surface area contributed by atoms with Crippen molar-refractivity contribution in [3.05, 3.63) is 29.3 Å². The van der Waals surface area contributed by atoms with E-state index in [-0.39, 0.29) is 34.3 Å². The highest BCUT2D eigenvalue weighted by molar-refractivity contribution is 7.90. The van der Waals surface area contributed by atoms with Gasteiger partial charge in [-0.05, 0) is 63.9 Å². The molecule has 2 aliphatic heterocycles. The van der Waals surface area contributed by atoms with Crippen LogP contribution in [0.15, 0.2) is 23.1 Å². The lowest BCUT2D eigenvalue weighted by molar-refractivity contribution is 0.0845. The van der Waals surface area contributed by atoms with Crippen molar-refractivity contribution in [2.24, 2.45) is 5.92 Å². The van der Waals surface area contributed by atoms with Crippen molar-refractivity contribution >= 4 is 34.2 Å². The maximum atomic E-state index is 12.6. The third kappa shape index (κ3) is 3.72. The van der Waals surface area contributed by atoms with Crippen LogP contribution in [-0.4, -0.2) is 50.2 Å². The van der Waals surface area contributed by atoms with Gasteiger partial charge in [0.25, 0.3) is 21.8 Å². The summed E-state index contributed by atoms with van der Waals surface area (Å²) >= 11 is 0. The monoisotopic (exact) mass is 401 g/mol. The van der Waals surface area contributed by atoms with E-state index in [0.29, 0.717) is 12.5 Å². The molecular weight excluding hydrogens is 378 g/mol. The van der Waals surface area contributed by atoms with Gasteiger partial charge in [-0.1, -0.05) is 0 Å². The molecule has 2 amide bonds. The molecule has 2 N–H and O–H groups in total. The van der Waals surface area contributed by atoms with Crippen molar-refractivity contribution in [2.75, 3.05) is 19.6 Å². The molecule has 0 bridgehead atoms. The molecule has 2 aliphatic rings. The summed E-state index contributed by atoms with van der Waals surface area (Å²) in [5.41, 5.74) is 0.382. The molecular formula is C17H24ClN3O4S. The van der Waals surface area contributed by atoms with Crippen LogP contribution in [0.25, 0.3) is 0 Å². The van der Waals surface area contributed by atoms with E-state index in [1.807, 2.05) is 0 Å². The number of carbonyl (C=O) groups is 2. The molecule has 26 heavy (non-hydrogen) atoms. The van der Waals surface area contributed by atoms with Crippen LogP contribution in [0.5, 0.6) is 0 Å². The zero-order chi connectivity index (χ0) is 18.2. The Balaban J connectivity index is 0.00000243. The van der Waals surface area contributed by atoms with Crippen molar-refractivity contribution in [3.8, 4) is 0 Å². The molecule has 9 heteroatoms. The number of hydrogen-bond donors (Lipinski definition) is 2. The average molecular weight is 402 g/mol. The summed E-state index contributed by atoms with van der Waals surface area (Å²) in [5, 5.41) is 6.11. The summed E-state index contributed by atoms with van der Waals surface area (Å²) in [7, 11) is -3.89. The van der Waals surface area contributed by atoms with Crippen LogP contribution in [0.1, 0.15) is 47.4 Å². The minimum Gasteiger partial charge on any atom is -0.352 e. The highest BCUT2D eigenvalue weighted by Crippen LogP contribution is 2.32. The van der Waals surface area contributed by atoms with Gasteiger partial charge in [0.2, 0.25) is 0 Å². The first-order valence-corrected chi connectivity index (χ1v) is 9.98. The van der Waals surface area contributed by atoms with Crippen LogP contribution in [0, 0.1) is 5.92 Å². The summed E-state index contributed by atoms with van der Waals surface area (Å²) in [4.78, 5) is 24.5. The first kappa shape index (κ1) is 20.7. The molecule has 1 aromatic carbocycles. The van der Waals surface area contributed by atoms with Crippen molar-refractivity contribution in [2.45, 2.75) is 37.6 Å². The van der Waals surface area contributed by atoms with Crippen molar-refractivity contribution in [1.29, 1.82) is 0 Å². The Labute approximate surface area is 160 Å². The standard InChI is InChI=1S/C17H23N3O4S.ClH/c1-11(2)20-17(22)14-4-3-13(9-15(14)25(20,23)24)16(21)19-8-6-12-5-7-18-10-12;/h3-4,9,11-12,18H,5-8,10H2,1-2H3,(H,19,21);1H. The second kappa shape index (κ2) is 7.94. The van der Waals surface area contributed by atoms with Gasteiger partial charge in [0.05, 0.1) is 5.56 Å². The maximum Gasteiger partial charge on any atom is 0.269 e. The van der Waals surface area contributed by atoms with Crippen molar-refractivity contribution in [3.63, 3.8) is 0 Å². The lowest BCUT2D eigenvalue weighted by atomic mass is 10.1. The fourth-order valence-electron chi connectivity index (χ4n) is 3.35. The maximum absolute atomic E-state index is 12.6. The Kier molecular flexibility index (Phi) is 6.31. The Bertz CT molecular complexity index is 804.